The highest BCUT2D eigenvalue weighted by Crippen LogP contribution is 2.36. The van der Waals surface area contributed by atoms with Crippen LogP contribution in [0.25, 0.3) is 0 Å². The van der Waals surface area contributed by atoms with E-state index in [1.54, 1.807) is 0 Å². The van der Waals surface area contributed by atoms with Gasteiger partial charge in [0.15, 0.2) is 0 Å². The van der Waals surface area contributed by atoms with Crippen LogP contribution in [0.3, 0.4) is 0 Å². The lowest BCUT2D eigenvalue weighted by atomic mass is 9.86. The van der Waals surface area contributed by atoms with Crippen molar-refractivity contribution in [3.05, 3.63) is 45.7 Å². The molecule has 0 bridgehead atoms. The molecule has 2 heterocycles. The first-order valence-electron chi connectivity index (χ1n) is 7.36. The summed E-state index contributed by atoms with van der Waals surface area (Å²) in [6, 6.07) is 6.17. The van der Waals surface area contributed by atoms with Gasteiger partial charge in [0.05, 0.1) is 12.1 Å². The van der Waals surface area contributed by atoms with E-state index in [1.807, 2.05) is 23.2 Å². The number of aromatic nitrogens is 2. The Labute approximate surface area is 131 Å². The second-order valence-electron chi connectivity index (χ2n) is 5.76. The maximum absolute atomic E-state index is 13.0. The molecule has 0 fully saturated rings. The molecule has 0 saturated carbocycles. The van der Waals surface area contributed by atoms with E-state index in [1.165, 1.54) is 5.56 Å². The van der Waals surface area contributed by atoms with Crippen molar-refractivity contribution in [3.63, 3.8) is 0 Å². The van der Waals surface area contributed by atoms with Crippen LogP contribution >= 0.6 is 15.9 Å². The van der Waals surface area contributed by atoms with E-state index in [0.29, 0.717) is 0 Å². The van der Waals surface area contributed by atoms with Crippen LogP contribution in [0.5, 0.6) is 0 Å². The van der Waals surface area contributed by atoms with E-state index in [2.05, 4.69) is 32.2 Å². The summed E-state index contributed by atoms with van der Waals surface area (Å²) in [4.78, 5) is 14.9. The summed E-state index contributed by atoms with van der Waals surface area (Å²) in [6.07, 6.45) is 5.74. The Kier molecular flexibility index (Phi) is 3.10. The fourth-order valence-electron chi connectivity index (χ4n) is 3.51. The smallest absolute Gasteiger partial charge is 0.234 e. The van der Waals surface area contributed by atoms with E-state index < -0.39 is 0 Å². The van der Waals surface area contributed by atoms with Gasteiger partial charge in [0.2, 0.25) is 5.91 Å². The number of nitrogens with one attached hydrogen (secondary N) is 1. The largest absolute Gasteiger partial charge is 0.311 e. The van der Waals surface area contributed by atoms with Gasteiger partial charge < -0.3 is 4.90 Å². The number of benzene rings is 1. The first kappa shape index (κ1) is 13.1. The molecule has 1 aromatic heterocycles. The summed E-state index contributed by atoms with van der Waals surface area (Å²) in [5, 5.41) is 7.15. The Morgan fingerprint density at radius 3 is 3.19 bits per heavy atom. The monoisotopic (exact) mass is 345 g/mol. The van der Waals surface area contributed by atoms with Gasteiger partial charge in [0.1, 0.15) is 0 Å². The summed E-state index contributed by atoms with van der Waals surface area (Å²) in [6.45, 7) is 0.786. The van der Waals surface area contributed by atoms with E-state index in [4.69, 9.17) is 0 Å². The van der Waals surface area contributed by atoms with Crippen LogP contribution in [0.1, 0.15) is 35.6 Å². The average molecular weight is 346 g/mol. The molecule has 21 heavy (non-hydrogen) atoms. The molecule has 2 aromatic rings. The third kappa shape index (κ3) is 2.11. The zero-order valence-electron chi connectivity index (χ0n) is 11.6. The van der Waals surface area contributed by atoms with Crippen LogP contribution in [0, 0.1) is 0 Å². The van der Waals surface area contributed by atoms with Crippen molar-refractivity contribution in [1.29, 1.82) is 0 Å². The fraction of sp³-hybridized carbons (Fsp3) is 0.375. The predicted molar refractivity (Wildman–Crippen MR) is 84.5 cm³/mol. The molecule has 0 spiro atoms. The van der Waals surface area contributed by atoms with Crippen LogP contribution in [-0.2, 0) is 17.6 Å². The van der Waals surface area contributed by atoms with Crippen molar-refractivity contribution in [3.8, 4) is 0 Å². The maximum Gasteiger partial charge on any atom is 0.234 e. The number of hydrogen-bond acceptors (Lipinski definition) is 2. The lowest BCUT2D eigenvalue weighted by Crippen LogP contribution is -2.35. The number of aryl methyl sites for hydroxylation is 1. The van der Waals surface area contributed by atoms with Gasteiger partial charge in [-0.15, -0.1) is 0 Å². The van der Waals surface area contributed by atoms with Gasteiger partial charge in [-0.05, 0) is 49.4 Å². The number of hydrogen-bond donors (Lipinski definition) is 1. The third-order valence-corrected chi connectivity index (χ3v) is 5.04. The molecule has 1 N–H and O–H groups in total. The van der Waals surface area contributed by atoms with Crippen LogP contribution in [0.2, 0.25) is 0 Å². The Balaban J connectivity index is 1.67. The fourth-order valence-corrected chi connectivity index (χ4v) is 3.91. The van der Waals surface area contributed by atoms with Crippen molar-refractivity contribution in [2.24, 2.45) is 0 Å². The molecule has 5 heteroatoms. The molecule has 1 aromatic carbocycles. The third-order valence-electron chi connectivity index (χ3n) is 4.55. The number of rotatable bonds is 1. The van der Waals surface area contributed by atoms with Crippen molar-refractivity contribution >= 4 is 27.5 Å². The molecule has 108 valence electrons. The predicted octanol–water partition coefficient (Wildman–Crippen LogP) is 3.18. The Hall–Kier alpha value is -1.62. The number of nitrogens with zero attached hydrogens (tertiary/aromatic N) is 2. The van der Waals surface area contributed by atoms with E-state index >= 15 is 0 Å². The standard InChI is InChI=1S/C16H16BrN3O/c17-11-4-5-15-10(8-11)6-7-20(15)16(21)12-2-1-3-14-13(12)9-18-19-14/h4-5,8-9,12H,1-3,6-7H2,(H,18,19)/t12-/m1/s1. The molecule has 0 saturated heterocycles. The second-order valence-corrected chi connectivity index (χ2v) is 6.68. The topological polar surface area (TPSA) is 49.0 Å². The molecule has 1 atom stereocenters. The van der Waals surface area contributed by atoms with E-state index in [-0.39, 0.29) is 11.8 Å². The number of halogens is 1. The Bertz CT molecular complexity index is 709. The van der Waals surface area contributed by atoms with Crippen LogP contribution in [-0.4, -0.2) is 22.6 Å². The molecule has 4 rings (SSSR count). The summed E-state index contributed by atoms with van der Waals surface area (Å²) in [7, 11) is 0. The quantitative estimate of drug-likeness (QED) is 0.862. The number of carbonyl (C=O) groups excluding carboxylic acids is 1. The summed E-state index contributed by atoms with van der Waals surface area (Å²) in [5.41, 5.74) is 4.55. The zero-order valence-corrected chi connectivity index (χ0v) is 13.2. The maximum atomic E-state index is 13.0. The summed E-state index contributed by atoms with van der Waals surface area (Å²) < 4.78 is 1.07. The molecule has 1 aliphatic carbocycles. The minimum atomic E-state index is -0.0397. The molecule has 0 radical (unpaired) electrons. The highest BCUT2D eigenvalue weighted by Gasteiger charge is 2.34. The van der Waals surface area contributed by atoms with Crippen molar-refractivity contribution < 1.29 is 4.79 Å². The normalized spacial score (nSPS) is 20.2. The summed E-state index contributed by atoms with van der Waals surface area (Å²) in [5.74, 6) is 0.181. The Morgan fingerprint density at radius 2 is 2.29 bits per heavy atom. The number of aromatic amines is 1. The van der Waals surface area contributed by atoms with Crippen molar-refractivity contribution in [1.82, 2.24) is 10.2 Å². The molecule has 0 unspecified atom stereocenters. The van der Waals surface area contributed by atoms with E-state index in [9.17, 15) is 4.79 Å². The molecule has 2 aliphatic rings. The van der Waals surface area contributed by atoms with Crippen LogP contribution < -0.4 is 4.90 Å². The molecular weight excluding hydrogens is 330 g/mol. The molecule has 4 nitrogen and oxygen atoms in total. The Morgan fingerprint density at radius 1 is 1.38 bits per heavy atom. The molecule has 1 amide bonds. The minimum absolute atomic E-state index is 0.0397. The van der Waals surface area contributed by atoms with Gasteiger partial charge in [0, 0.05) is 28.0 Å². The van der Waals surface area contributed by atoms with Crippen molar-refractivity contribution in [2.45, 2.75) is 31.6 Å². The first-order chi connectivity index (χ1) is 10.2. The lowest BCUT2D eigenvalue weighted by molar-refractivity contribution is -0.120. The SMILES string of the molecule is O=C([C@@H]1CCCc2[nH]ncc21)N1CCc2cc(Br)ccc21. The highest BCUT2D eigenvalue weighted by atomic mass is 79.9. The second kappa shape index (κ2) is 4.98. The average Bonchev–Trinajstić information content (AvgIpc) is 3.11. The molecule has 1 aliphatic heterocycles. The van der Waals surface area contributed by atoms with Gasteiger partial charge >= 0.3 is 0 Å². The van der Waals surface area contributed by atoms with Gasteiger partial charge in [0.25, 0.3) is 0 Å². The van der Waals surface area contributed by atoms with E-state index in [0.717, 1.165) is 53.6 Å². The highest BCUT2D eigenvalue weighted by molar-refractivity contribution is 9.10. The summed E-state index contributed by atoms with van der Waals surface area (Å²) >= 11 is 3.50. The number of carbonyl (C=O) groups is 1. The van der Waals surface area contributed by atoms with Gasteiger partial charge in [-0.25, -0.2) is 0 Å². The molecular formula is C16H16BrN3O. The first-order valence-corrected chi connectivity index (χ1v) is 8.15. The minimum Gasteiger partial charge on any atom is -0.311 e. The number of anilines is 1. The lowest BCUT2D eigenvalue weighted by Gasteiger charge is -2.26. The van der Waals surface area contributed by atoms with Crippen molar-refractivity contribution in [2.75, 3.05) is 11.4 Å². The zero-order chi connectivity index (χ0) is 14.4. The van der Waals surface area contributed by atoms with Crippen LogP contribution in [0.15, 0.2) is 28.9 Å². The van der Waals surface area contributed by atoms with Crippen LogP contribution in [0.4, 0.5) is 5.69 Å². The number of H-pyrrole nitrogens is 1. The van der Waals surface area contributed by atoms with Gasteiger partial charge in [-0.3, -0.25) is 9.89 Å². The van der Waals surface area contributed by atoms with Gasteiger partial charge in [-0.2, -0.15) is 5.10 Å². The number of fused-ring (bicyclic) bond motifs is 2. The number of amides is 1. The van der Waals surface area contributed by atoms with Gasteiger partial charge in [-0.1, -0.05) is 15.9 Å².